The van der Waals surface area contributed by atoms with Gasteiger partial charge in [-0.3, -0.25) is 4.79 Å². The molecule has 0 aliphatic heterocycles. The first kappa shape index (κ1) is 16.4. The summed E-state index contributed by atoms with van der Waals surface area (Å²) in [5.41, 5.74) is -0.150. The van der Waals surface area contributed by atoms with Gasteiger partial charge in [-0.05, 0) is 52.1 Å². The van der Waals surface area contributed by atoms with Gasteiger partial charge in [-0.2, -0.15) is 0 Å². The number of carbonyl (C=O) groups is 1. The van der Waals surface area contributed by atoms with Crippen LogP contribution in [0.3, 0.4) is 0 Å². The number of ether oxygens (including phenoxy) is 1. The second kappa shape index (κ2) is 6.23. The van der Waals surface area contributed by atoms with Crippen molar-refractivity contribution in [2.24, 2.45) is 5.41 Å². The van der Waals surface area contributed by atoms with Crippen molar-refractivity contribution in [1.29, 1.82) is 0 Å². The summed E-state index contributed by atoms with van der Waals surface area (Å²) in [5.74, 6) is -0.196. The van der Waals surface area contributed by atoms with E-state index in [1.807, 2.05) is 14.0 Å². The minimum atomic E-state index is -0.629. The Labute approximate surface area is 117 Å². The van der Waals surface area contributed by atoms with Crippen molar-refractivity contribution in [2.75, 3.05) is 27.7 Å². The number of nitrogens with zero attached hydrogens (tertiary/aromatic N) is 1. The third-order valence-electron chi connectivity index (χ3n) is 4.69. The van der Waals surface area contributed by atoms with Gasteiger partial charge in [0.1, 0.15) is 5.54 Å². The second-order valence-electron chi connectivity index (χ2n) is 6.88. The largest absolute Gasteiger partial charge is 0.468 e. The lowest BCUT2D eigenvalue weighted by Crippen LogP contribution is -2.57. The Kier molecular flexibility index (Phi) is 5.39. The topological polar surface area (TPSA) is 41.6 Å². The van der Waals surface area contributed by atoms with Gasteiger partial charge in [0.25, 0.3) is 0 Å². The molecular formula is C15H30N2O2. The van der Waals surface area contributed by atoms with E-state index in [0.717, 1.165) is 0 Å². The van der Waals surface area contributed by atoms with Crippen molar-refractivity contribution >= 4 is 5.97 Å². The monoisotopic (exact) mass is 270 g/mol. The molecular weight excluding hydrogens is 240 g/mol. The molecule has 1 rings (SSSR count). The summed E-state index contributed by atoms with van der Waals surface area (Å²) in [6.07, 6.45) is 4.95. The van der Waals surface area contributed by atoms with E-state index in [9.17, 15) is 4.79 Å². The predicted octanol–water partition coefficient (Wildman–Crippen LogP) is 2.04. The van der Waals surface area contributed by atoms with Gasteiger partial charge >= 0.3 is 5.97 Å². The third-order valence-corrected chi connectivity index (χ3v) is 4.69. The average molecular weight is 270 g/mol. The number of methoxy groups -OCH3 is 1. The molecule has 1 aliphatic carbocycles. The zero-order chi connectivity index (χ0) is 14.7. The standard InChI is InChI=1S/C15H30N2O2/c1-14(2)9-7-12(8-10-14)17(5)11-15(3,16-4)13(18)19-6/h12,16H,7-11H2,1-6H3. The van der Waals surface area contributed by atoms with Gasteiger partial charge in [0.15, 0.2) is 0 Å². The summed E-state index contributed by atoms with van der Waals surface area (Å²) >= 11 is 0. The molecule has 0 amide bonds. The quantitative estimate of drug-likeness (QED) is 0.776. The summed E-state index contributed by atoms with van der Waals surface area (Å²) in [6, 6.07) is 0.574. The summed E-state index contributed by atoms with van der Waals surface area (Å²) in [6.45, 7) is 7.27. The van der Waals surface area contributed by atoms with Crippen molar-refractivity contribution in [3.05, 3.63) is 0 Å². The zero-order valence-electron chi connectivity index (χ0n) is 13.4. The maximum absolute atomic E-state index is 11.9. The van der Waals surface area contributed by atoms with Crippen LogP contribution in [0, 0.1) is 5.41 Å². The van der Waals surface area contributed by atoms with Gasteiger partial charge in [0.05, 0.1) is 7.11 Å². The molecule has 1 N–H and O–H groups in total. The maximum atomic E-state index is 11.9. The first-order chi connectivity index (χ1) is 8.74. The lowest BCUT2D eigenvalue weighted by atomic mass is 9.75. The van der Waals surface area contributed by atoms with Crippen LogP contribution in [-0.2, 0) is 9.53 Å². The van der Waals surface area contributed by atoms with Crippen LogP contribution in [0.1, 0.15) is 46.5 Å². The third kappa shape index (κ3) is 4.18. The number of hydrogen-bond acceptors (Lipinski definition) is 4. The van der Waals surface area contributed by atoms with E-state index in [1.54, 1.807) is 0 Å². The average Bonchev–Trinajstić information content (AvgIpc) is 2.37. The zero-order valence-corrected chi connectivity index (χ0v) is 13.4. The van der Waals surface area contributed by atoms with E-state index >= 15 is 0 Å². The number of nitrogens with one attached hydrogen (secondary N) is 1. The number of rotatable bonds is 5. The predicted molar refractivity (Wildman–Crippen MR) is 78.1 cm³/mol. The van der Waals surface area contributed by atoms with Gasteiger partial charge in [0.2, 0.25) is 0 Å². The van der Waals surface area contributed by atoms with Gasteiger partial charge in [-0.25, -0.2) is 0 Å². The van der Waals surface area contributed by atoms with E-state index < -0.39 is 5.54 Å². The van der Waals surface area contributed by atoms with Crippen LogP contribution in [0.25, 0.3) is 0 Å². The normalized spacial score (nSPS) is 23.1. The van der Waals surface area contributed by atoms with Crippen LogP contribution in [0.2, 0.25) is 0 Å². The molecule has 0 spiro atoms. The molecule has 1 saturated carbocycles. The molecule has 0 bridgehead atoms. The minimum Gasteiger partial charge on any atom is -0.468 e. The molecule has 1 fully saturated rings. The Morgan fingerprint density at radius 3 is 2.37 bits per heavy atom. The fraction of sp³-hybridized carbons (Fsp3) is 0.933. The summed E-state index contributed by atoms with van der Waals surface area (Å²) in [4.78, 5) is 14.2. The highest BCUT2D eigenvalue weighted by Crippen LogP contribution is 2.36. The van der Waals surface area contributed by atoms with Crippen molar-refractivity contribution in [2.45, 2.75) is 58.0 Å². The molecule has 1 unspecified atom stereocenters. The first-order valence-electron chi connectivity index (χ1n) is 7.22. The highest BCUT2D eigenvalue weighted by Gasteiger charge is 2.37. The van der Waals surface area contributed by atoms with E-state index in [0.29, 0.717) is 18.0 Å². The van der Waals surface area contributed by atoms with Crippen LogP contribution in [0.5, 0.6) is 0 Å². The lowest BCUT2D eigenvalue weighted by molar-refractivity contribution is -0.148. The SMILES string of the molecule is CNC(C)(CN(C)C1CCC(C)(C)CC1)C(=O)OC. The highest BCUT2D eigenvalue weighted by molar-refractivity contribution is 5.80. The van der Waals surface area contributed by atoms with Crippen LogP contribution in [0.4, 0.5) is 0 Å². The Hall–Kier alpha value is -0.610. The minimum absolute atomic E-state index is 0.196. The van der Waals surface area contributed by atoms with E-state index in [2.05, 4.69) is 31.1 Å². The molecule has 0 heterocycles. The Bertz CT molecular complexity index is 307. The summed E-state index contributed by atoms with van der Waals surface area (Å²) in [7, 11) is 5.37. The van der Waals surface area contributed by atoms with Gasteiger partial charge < -0.3 is 15.0 Å². The van der Waals surface area contributed by atoms with Crippen molar-refractivity contribution < 1.29 is 9.53 Å². The van der Waals surface area contributed by atoms with E-state index in [-0.39, 0.29) is 5.97 Å². The Morgan fingerprint density at radius 2 is 1.95 bits per heavy atom. The molecule has 1 atom stereocenters. The highest BCUT2D eigenvalue weighted by atomic mass is 16.5. The molecule has 4 heteroatoms. The second-order valence-corrected chi connectivity index (χ2v) is 6.88. The van der Waals surface area contributed by atoms with Crippen LogP contribution in [0.15, 0.2) is 0 Å². The molecule has 1 aliphatic rings. The smallest absolute Gasteiger partial charge is 0.327 e. The first-order valence-corrected chi connectivity index (χ1v) is 7.22. The van der Waals surface area contributed by atoms with Gasteiger partial charge in [0, 0.05) is 12.6 Å². The number of carbonyl (C=O) groups excluding carboxylic acids is 1. The molecule has 112 valence electrons. The fourth-order valence-corrected chi connectivity index (χ4v) is 2.92. The van der Waals surface area contributed by atoms with Gasteiger partial charge in [-0.15, -0.1) is 0 Å². The van der Waals surface area contributed by atoms with Crippen molar-refractivity contribution in [3.8, 4) is 0 Å². The number of hydrogen-bond donors (Lipinski definition) is 1. The number of likely N-dealkylation sites (N-methyl/N-ethyl adjacent to an activating group) is 2. The Morgan fingerprint density at radius 1 is 1.42 bits per heavy atom. The molecule has 19 heavy (non-hydrogen) atoms. The molecule has 0 aromatic heterocycles. The number of esters is 1. The van der Waals surface area contributed by atoms with Crippen LogP contribution >= 0.6 is 0 Å². The van der Waals surface area contributed by atoms with Gasteiger partial charge in [-0.1, -0.05) is 13.8 Å². The van der Waals surface area contributed by atoms with Crippen LogP contribution < -0.4 is 5.32 Å². The van der Waals surface area contributed by atoms with Crippen molar-refractivity contribution in [3.63, 3.8) is 0 Å². The van der Waals surface area contributed by atoms with Crippen molar-refractivity contribution in [1.82, 2.24) is 10.2 Å². The molecule has 4 nitrogen and oxygen atoms in total. The fourth-order valence-electron chi connectivity index (χ4n) is 2.92. The van der Waals surface area contributed by atoms with E-state index in [1.165, 1.54) is 32.8 Å². The molecule has 0 aromatic carbocycles. The lowest BCUT2D eigenvalue weighted by Gasteiger charge is -2.41. The summed E-state index contributed by atoms with van der Waals surface area (Å²) < 4.78 is 4.90. The molecule has 0 saturated heterocycles. The molecule has 0 aromatic rings. The van der Waals surface area contributed by atoms with E-state index in [4.69, 9.17) is 4.74 Å². The van der Waals surface area contributed by atoms with Crippen LogP contribution in [-0.4, -0.2) is 50.2 Å². The maximum Gasteiger partial charge on any atom is 0.327 e. The molecule has 0 radical (unpaired) electrons. The Balaban J connectivity index is 2.59. The summed E-state index contributed by atoms with van der Waals surface area (Å²) in [5, 5.41) is 3.10.